The highest BCUT2D eigenvalue weighted by molar-refractivity contribution is 5.98. The molecule has 5 nitrogen and oxygen atoms in total. The molecule has 0 unspecified atom stereocenters. The first-order valence-corrected chi connectivity index (χ1v) is 7.59. The predicted molar refractivity (Wildman–Crippen MR) is 85.7 cm³/mol. The zero-order chi connectivity index (χ0) is 16.3. The molecular formula is C17H24N2O3. The molecule has 0 saturated carbocycles. The van der Waals surface area contributed by atoms with Crippen molar-refractivity contribution < 1.29 is 14.7 Å². The lowest BCUT2D eigenvalue weighted by Crippen LogP contribution is -2.38. The molecule has 120 valence electrons. The SMILES string of the molecule is CC(=NO)c1ccc2c(c1)CCN(C(=O)OC(C)(C)C)CC2. The van der Waals surface area contributed by atoms with Gasteiger partial charge in [-0.15, -0.1) is 0 Å². The van der Waals surface area contributed by atoms with Crippen molar-refractivity contribution in [3.05, 3.63) is 34.9 Å². The van der Waals surface area contributed by atoms with Gasteiger partial charge in [0.2, 0.25) is 0 Å². The molecule has 22 heavy (non-hydrogen) atoms. The molecule has 2 rings (SSSR count). The van der Waals surface area contributed by atoms with Crippen LogP contribution < -0.4 is 0 Å². The fraction of sp³-hybridized carbons (Fsp3) is 0.529. The molecule has 1 aromatic carbocycles. The average Bonchev–Trinajstić information content (AvgIpc) is 2.66. The molecule has 0 aromatic heterocycles. The molecule has 1 aromatic rings. The fourth-order valence-electron chi connectivity index (χ4n) is 2.52. The van der Waals surface area contributed by atoms with Crippen LogP contribution in [-0.2, 0) is 17.6 Å². The maximum absolute atomic E-state index is 12.2. The summed E-state index contributed by atoms with van der Waals surface area (Å²) < 4.78 is 5.45. The Morgan fingerprint density at radius 1 is 1.23 bits per heavy atom. The van der Waals surface area contributed by atoms with Gasteiger partial charge in [-0.3, -0.25) is 0 Å². The predicted octanol–water partition coefficient (Wildman–Crippen LogP) is 3.22. The Bertz CT molecular complexity index is 588. The summed E-state index contributed by atoms with van der Waals surface area (Å²) in [7, 11) is 0. The first kappa shape index (κ1) is 16.3. The highest BCUT2D eigenvalue weighted by atomic mass is 16.6. The van der Waals surface area contributed by atoms with E-state index in [9.17, 15) is 4.79 Å². The van der Waals surface area contributed by atoms with Gasteiger partial charge < -0.3 is 14.8 Å². The van der Waals surface area contributed by atoms with Gasteiger partial charge in [-0.05, 0) is 63.3 Å². The van der Waals surface area contributed by atoms with E-state index in [0.29, 0.717) is 18.8 Å². The number of benzene rings is 1. The number of hydrogen-bond acceptors (Lipinski definition) is 4. The molecule has 0 fully saturated rings. The van der Waals surface area contributed by atoms with Crippen molar-refractivity contribution in [3.8, 4) is 0 Å². The second-order valence-electron chi connectivity index (χ2n) is 6.64. The lowest BCUT2D eigenvalue weighted by atomic mass is 9.98. The fourth-order valence-corrected chi connectivity index (χ4v) is 2.52. The first-order chi connectivity index (χ1) is 10.3. The number of fused-ring (bicyclic) bond motifs is 1. The van der Waals surface area contributed by atoms with Gasteiger partial charge in [-0.1, -0.05) is 17.3 Å². The zero-order valence-electron chi connectivity index (χ0n) is 13.7. The van der Waals surface area contributed by atoms with Crippen molar-refractivity contribution in [2.75, 3.05) is 13.1 Å². The van der Waals surface area contributed by atoms with Gasteiger partial charge in [0.25, 0.3) is 0 Å². The number of oxime groups is 1. The first-order valence-electron chi connectivity index (χ1n) is 7.59. The maximum atomic E-state index is 12.2. The van der Waals surface area contributed by atoms with Crippen LogP contribution in [0.1, 0.15) is 44.4 Å². The largest absolute Gasteiger partial charge is 0.444 e. The number of carbonyl (C=O) groups excluding carboxylic acids is 1. The number of ether oxygens (including phenoxy) is 1. The van der Waals surface area contributed by atoms with E-state index < -0.39 is 5.60 Å². The Labute approximate surface area is 131 Å². The number of carbonyl (C=O) groups is 1. The minimum Gasteiger partial charge on any atom is -0.444 e. The second-order valence-corrected chi connectivity index (χ2v) is 6.64. The van der Waals surface area contributed by atoms with E-state index in [4.69, 9.17) is 9.94 Å². The van der Waals surface area contributed by atoms with Gasteiger partial charge in [0.05, 0.1) is 5.71 Å². The van der Waals surface area contributed by atoms with Crippen molar-refractivity contribution >= 4 is 11.8 Å². The van der Waals surface area contributed by atoms with E-state index >= 15 is 0 Å². The molecule has 1 heterocycles. The molecule has 0 saturated heterocycles. The standard InChI is InChI=1S/C17H24N2O3/c1-12(18-21)14-6-5-13-7-9-19(10-8-15(13)11-14)16(20)22-17(2,3)4/h5-6,11,21H,7-10H2,1-4H3. The van der Waals surface area contributed by atoms with Crippen molar-refractivity contribution in [2.45, 2.75) is 46.1 Å². The second kappa shape index (κ2) is 6.38. The molecule has 0 bridgehead atoms. The van der Waals surface area contributed by atoms with Crippen molar-refractivity contribution in [3.63, 3.8) is 0 Å². The monoisotopic (exact) mass is 304 g/mol. The topological polar surface area (TPSA) is 62.1 Å². The summed E-state index contributed by atoms with van der Waals surface area (Å²) in [4.78, 5) is 14.0. The Morgan fingerprint density at radius 2 is 1.86 bits per heavy atom. The van der Waals surface area contributed by atoms with Gasteiger partial charge in [-0.2, -0.15) is 0 Å². The van der Waals surface area contributed by atoms with E-state index in [2.05, 4.69) is 11.2 Å². The summed E-state index contributed by atoms with van der Waals surface area (Å²) >= 11 is 0. The van der Waals surface area contributed by atoms with E-state index in [1.807, 2.05) is 32.9 Å². The van der Waals surface area contributed by atoms with Crippen molar-refractivity contribution in [2.24, 2.45) is 5.16 Å². The van der Waals surface area contributed by atoms with Gasteiger partial charge in [0.15, 0.2) is 0 Å². The molecule has 5 heteroatoms. The Hall–Kier alpha value is -2.04. The third kappa shape index (κ3) is 4.00. The Morgan fingerprint density at radius 3 is 2.45 bits per heavy atom. The van der Waals surface area contributed by atoms with Crippen LogP contribution in [0.2, 0.25) is 0 Å². The minimum atomic E-state index is -0.474. The molecule has 1 N–H and O–H groups in total. The van der Waals surface area contributed by atoms with E-state index in [1.165, 1.54) is 11.1 Å². The normalized spacial score (nSPS) is 16.0. The Balaban J connectivity index is 2.11. The Kier molecular flexibility index (Phi) is 4.74. The maximum Gasteiger partial charge on any atom is 0.410 e. The van der Waals surface area contributed by atoms with Gasteiger partial charge in [-0.25, -0.2) is 4.79 Å². The van der Waals surface area contributed by atoms with Gasteiger partial charge >= 0.3 is 6.09 Å². The molecule has 0 radical (unpaired) electrons. The summed E-state index contributed by atoms with van der Waals surface area (Å²) in [6.45, 7) is 8.70. The summed E-state index contributed by atoms with van der Waals surface area (Å²) in [5, 5.41) is 12.1. The van der Waals surface area contributed by atoms with Crippen LogP contribution in [0.3, 0.4) is 0 Å². The van der Waals surface area contributed by atoms with Gasteiger partial charge in [0.1, 0.15) is 5.60 Å². The summed E-state index contributed by atoms with van der Waals surface area (Å²) in [5.41, 5.74) is 3.47. The van der Waals surface area contributed by atoms with E-state index in [-0.39, 0.29) is 6.09 Å². The molecule has 1 amide bonds. The quantitative estimate of drug-likeness (QED) is 0.492. The average molecular weight is 304 g/mol. The minimum absolute atomic E-state index is 0.256. The lowest BCUT2D eigenvalue weighted by Gasteiger charge is -2.26. The van der Waals surface area contributed by atoms with Crippen LogP contribution in [0.5, 0.6) is 0 Å². The zero-order valence-corrected chi connectivity index (χ0v) is 13.7. The summed E-state index contributed by atoms with van der Waals surface area (Å²) in [5.74, 6) is 0. The van der Waals surface area contributed by atoms with Crippen LogP contribution in [0.25, 0.3) is 0 Å². The third-order valence-electron chi connectivity index (χ3n) is 3.73. The van der Waals surface area contributed by atoms with Crippen molar-refractivity contribution in [1.82, 2.24) is 4.90 Å². The van der Waals surface area contributed by atoms with Crippen LogP contribution in [-0.4, -0.2) is 40.6 Å². The van der Waals surface area contributed by atoms with Crippen LogP contribution in [0, 0.1) is 0 Å². The molecule has 0 spiro atoms. The number of amides is 1. The molecular weight excluding hydrogens is 280 g/mol. The lowest BCUT2D eigenvalue weighted by molar-refractivity contribution is 0.0258. The summed E-state index contributed by atoms with van der Waals surface area (Å²) in [6.07, 6.45) is 1.33. The van der Waals surface area contributed by atoms with Crippen molar-refractivity contribution in [1.29, 1.82) is 0 Å². The number of hydrogen-bond donors (Lipinski definition) is 1. The smallest absolute Gasteiger partial charge is 0.410 e. The van der Waals surface area contributed by atoms with Crippen LogP contribution >= 0.6 is 0 Å². The molecule has 1 aliphatic heterocycles. The van der Waals surface area contributed by atoms with Crippen LogP contribution in [0.4, 0.5) is 4.79 Å². The van der Waals surface area contributed by atoms with Crippen LogP contribution in [0.15, 0.2) is 23.4 Å². The number of rotatable bonds is 1. The molecule has 0 aliphatic carbocycles. The van der Waals surface area contributed by atoms with Gasteiger partial charge in [0, 0.05) is 13.1 Å². The highest BCUT2D eigenvalue weighted by Crippen LogP contribution is 2.20. The van der Waals surface area contributed by atoms with E-state index in [0.717, 1.165) is 18.4 Å². The molecule has 0 atom stereocenters. The third-order valence-corrected chi connectivity index (χ3v) is 3.73. The molecule has 1 aliphatic rings. The number of nitrogens with zero attached hydrogens (tertiary/aromatic N) is 2. The van der Waals surface area contributed by atoms with E-state index in [1.54, 1.807) is 11.8 Å². The summed E-state index contributed by atoms with van der Waals surface area (Å²) in [6, 6.07) is 6.05. The highest BCUT2D eigenvalue weighted by Gasteiger charge is 2.24.